The van der Waals surface area contributed by atoms with E-state index in [9.17, 15) is 29.7 Å². The molecule has 2 aliphatic carbocycles. The third-order valence-corrected chi connectivity index (χ3v) is 13.2. The second kappa shape index (κ2) is 16.6. The number of likely N-dealkylation sites (tertiary alicyclic amines) is 1. The molecule has 2 atom stereocenters. The third-order valence-electron chi connectivity index (χ3n) is 11.9. The van der Waals surface area contributed by atoms with Crippen molar-refractivity contribution in [3.8, 4) is 11.5 Å². The largest absolute Gasteiger partial charge is 0.506 e. The molecule has 0 radical (unpaired) electrons. The molecule has 12 nitrogen and oxygen atoms in total. The number of aliphatic hydroxyl groups is 2. The van der Waals surface area contributed by atoms with Gasteiger partial charge in [-0.15, -0.1) is 11.3 Å². The van der Waals surface area contributed by atoms with Crippen LogP contribution in [-0.2, 0) is 26.5 Å². The van der Waals surface area contributed by atoms with E-state index in [1.165, 1.54) is 30.6 Å². The van der Waals surface area contributed by atoms with Crippen molar-refractivity contribution in [2.75, 3.05) is 38.6 Å². The second-order valence-corrected chi connectivity index (χ2v) is 16.7. The molecule has 2 unspecified atom stereocenters. The number of esters is 1. The first-order valence-corrected chi connectivity index (χ1v) is 20.3. The lowest BCUT2D eigenvalue weighted by atomic mass is 9.61. The molecule has 1 saturated heterocycles. The van der Waals surface area contributed by atoms with Gasteiger partial charge in [0, 0.05) is 59.9 Å². The number of piperidine rings is 1. The summed E-state index contributed by atoms with van der Waals surface area (Å²) in [6, 6.07) is 13.1. The number of carbonyl (C=O) groups is 2. The number of phenols is 1. The van der Waals surface area contributed by atoms with Gasteiger partial charge in [-0.3, -0.25) is 9.59 Å². The maximum atomic E-state index is 13.4. The van der Waals surface area contributed by atoms with Crippen molar-refractivity contribution in [2.45, 2.75) is 82.1 Å². The maximum absolute atomic E-state index is 13.4. The van der Waals surface area contributed by atoms with Crippen LogP contribution in [-0.4, -0.2) is 76.5 Å². The molecule has 2 saturated carbocycles. The summed E-state index contributed by atoms with van der Waals surface area (Å²) in [6.45, 7) is 2.83. The summed E-state index contributed by atoms with van der Waals surface area (Å²) in [7, 11) is 1.54. The number of halogens is 1. The highest BCUT2D eigenvalue weighted by Gasteiger charge is 2.53. The number of pyridine rings is 1. The maximum Gasteiger partial charge on any atom is 0.344 e. The van der Waals surface area contributed by atoms with Crippen molar-refractivity contribution in [1.29, 1.82) is 0 Å². The number of ether oxygens (including phenoxy) is 2. The molecule has 1 amide bonds. The fourth-order valence-electron chi connectivity index (χ4n) is 8.69. The van der Waals surface area contributed by atoms with Crippen LogP contribution in [0, 0.1) is 11.3 Å². The number of carbonyl (C=O) groups excluding carboxylic acids is 2. The third kappa shape index (κ3) is 8.42. The zero-order valence-electron chi connectivity index (χ0n) is 30.9. The molecule has 3 fully saturated rings. The molecule has 1 aliphatic heterocycles. The van der Waals surface area contributed by atoms with Crippen LogP contribution in [0.15, 0.2) is 58.7 Å². The molecule has 6 N–H and O–H groups in total. The zero-order chi connectivity index (χ0) is 38.7. The first-order valence-electron chi connectivity index (χ1n) is 19.1. The van der Waals surface area contributed by atoms with Gasteiger partial charge < -0.3 is 45.3 Å². The fourth-order valence-corrected chi connectivity index (χ4v) is 9.82. The number of aromatic nitrogens is 1. The number of phenolic OH excluding ortho intramolecular Hbond substituents is 1. The van der Waals surface area contributed by atoms with Crippen molar-refractivity contribution in [3.63, 3.8) is 0 Å². The van der Waals surface area contributed by atoms with Crippen molar-refractivity contribution < 1.29 is 34.4 Å². The Labute approximate surface area is 328 Å². The smallest absolute Gasteiger partial charge is 0.344 e. The van der Waals surface area contributed by atoms with Crippen molar-refractivity contribution in [2.24, 2.45) is 11.3 Å². The van der Waals surface area contributed by atoms with Gasteiger partial charge in [-0.2, -0.15) is 0 Å². The van der Waals surface area contributed by atoms with Gasteiger partial charge in [0.05, 0.1) is 29.4 Å². The second-order valence-electron chi connectivity index (χ2n) is 15.4. The van der Waals surface area contributed by atoms with Gasteiger partial charge in [-0.1, -0.05) is 36.6 Å². The SMILES string of the molecule is COc1cc(NC(=O)CCN2CCC3(CC2)CC(OC(=O)C(O)(c2cccs2)C2CCCC2)C3)c(Cl)cc1CNCC(O)c1ccc(O)c2[nH]c(=O)ccc12. The van der Waals surface area contributed by atoms with Crippen LogP contribution in [0.3, 0.4) is 0 Å². The first-order chi connectivity index (χ1) is 26.5. The summed E-state index contributed by atoms with van der Waals surface area (Å²) in [5.74, 6) is -0.304. The zero-order valence-corrected chi connectivity index (χ0v) is 32.5. The van der Waals surface area contributed by atoms with Crippen molar-refractivity contribution in [1.82, 2.24) is 15.2 Å². The van der Waals surface area contributed by atoms with E-state index in [0.717, 1.165) is 70.0 Å². The Kier molecular flexibility index (Phi) is 11.9. The monoisotopic (exact) mass is 792 g/mol. The lowest BCUT2D eigenvalue weighted by Gasteiger charge is -2.52. The Hall–Kier alpha value is -3.98. The van der Waals surface area contributed by atoms with E-state index in [1.807, 2.05) is 17.5 Å². The summed E-state index contributed by atoms with van der Waals surface area (Å²) in [4.78, 5) is 43.8. The molecular formula is C41H49ClN4O8S. The number of thiophene rings is 1. The average Bonchev–Trinajstić information content (AvgIpc) is 3.91. The Bertz CT molecular complexity index is 2050. The first kappa shape index (κ1) is 39.3. The van der Waals surface area contributed by atoms with E-state index in [4.69, 9.17) is 21.1 Å². The number of amides is 1. The number of benzene rings is 2. The van der Waals surface area contributed by atoms with Gasteiger partial charge in [0.15, 0.2) is 5.60 Å². The van der Waals surface area contributed by atoms with E-state index in [1.54, 1.807) is 24.3 Å². The topological polar surface area (TPSA) is 173 Å². The van der Waals surface area contributed by atoms with Crippen LogP contribution in [0.2, 0.25) is 5.02 Å². The number of hydrogen-bond donors (Lipinski definition) is 6. The highest BCUT2D eigenvalue weighted by atomic mass is 35.5. The van der Waals surface area contributed by atoms with Gasteiger partial charge in [0.2, 0.25) is 11.5 Å². The number of nitrogens with one attached hydrogen (secondary N) is 3. The molecule has 294 valence electrons. The van der Waals surface area contributed by atoms with Crippen LogP contribution in [0.25, 0.3) is 10.9 Å². The minimum atomic E-state index is -1.56. The van der Waals surface area contributed by atoms with E-state index >= 15 is 0 Å². The number of anilines is 1. The summed E-state index contributed by atoms with van der Waals surface area (Å²) >= 11 is 8.02. The van der Waals surface area contributed by atoms with Crippen molar-refractivity contribution >= 4 is 51.4 Å². The molecule has 4 aromatic rings. The number of aromatic hydroxyl groups is 1. The van der Waals surface area contributed by atoms with Crippen LogP contribution >= 0.6 is 22.9 Å². The van der Waals surface area contributed by atoms with Crippen molar-refractivity contribution in [3.05, 3.63) is 85.3 Å². The molecule has 2 aromatic heterocycles. The minimum absolute atomic E-state index is 0.0763. The standard InChI is InChI=1S/C41H49ClN4O8S/c1-53-34-20-31(30(42)19-25(34)23-43-24-33(48)28-8-10-32(47)38-29(28)9-11-36(49)45-38)44-37(50)12-15-46-16-13-40(14-17-46)21-27(22-40)54-39(51)41(52,26-5-2-3-6-26)35-7-4-18-55-35/h4,7-11,18-20,26-27,33,43,47-48,52H,2-3,5-6,12-17,21-24H2,1H3,(H,44,50)(H,45,49). The normalized spacial score (nSPS) is 19.2. The highest BCUT2D eigenvalue weighted by molar-refractivity contribution is 7.10. The summed E-state index contributed by atoms with van der Waals surface area (Å²) < 4.78 is 11.6. The molecular weight excluding hydrogens is 744 g/mol. The molecule has 55 heavy (non-hydrogen) atoms. The average molecular weight is 793 g/mol. The predicted molar refractivity (Wildman–Crippen MR) is 212 cm³/mol. The Balaban J connectivity index is 0.851. The van der Waals surface area contributed by atoms with Gasteiger partial charge >= 0.3 is 5.97 Å². The van der Waals surface area contributed by atoms with E-state index in [0.29, 0.717) is 51.8 Å². The van der Waals surface area contributed by atoms with Gasteiger partial charge in [-0.05, 0) is 92.2 Å². The number of fused-ring (bicyclic) bond motifs is 1. The number of rotatable bonds is 14. The lowest BCUT2D eigenvalue weighted by molar-refractivity contribution is -0.192. The number of aliphatic hydroxyl groups excluding tert-OH is 1. The Morgan fingerprint density at radius 1 is 1.13 bits per heavy atom. The number of aromatic amines is 1. The van der Waals surface area contributed by atoms with E-state index in [2.05, 4.69) is 20.5 Å². The fraction of sp³-hybridized carbons (Fsp3) is 0.488. The van der Waals surface area contributed by atoms with Gasteiger partial charge in [-0.25, -0.2) is 4.79 Å². The Morgan fingerprint density at radius 3 is 2.60 bits per heavy atom. The van der Waals surface area contributed by atoms with Crippen LogP contribution < -0.4 is 20.9 Å². The molecule has 3 heterocycles. The van der Waals surface area contributed by atoms with E-state index < -0.39 is 17.7 Å². The number of hydrogen-bond acceptors (Lipinski definition) is 11. The number of methoxy groups -OCH3 is 1. The molecule has 3 aliphatic rings. The van der Waals surface area contributed by atoms with Gasteiger partial charge in [0.1, 0.15) is 17.6 Å². The molecule has 0 bridgehead atoms. The summed E-state index contributed by atoms with van der Waals surface area (Å²) in [5.41, 5.74) is 0.229. The molecule has 2 aromatic carbocycles. The Morgan fingerprint density at radius 2 is 1.89 bits per heavy atom. The van der Waals surface area contributed by atoms with Gasteiger partial charge in [0.25, 0.3) is 0 Å². The quantitative estimate of drug-likeness (QED) is 0.0835. The number of nitrogens with zero attached hydrogens (tertiary/aromatic N) is 1. The van der Waals surface area contributed by atoms with Crippen LogP contribution in [0.5, 0.6) is 11.5 Å². The van der Waals surface area contributed by atoms with Crippen LogP contribution in [0.1, 0.15) is 79.9 Å². The minimum Gasteiger partial charge on any atom is -0.506 e. The predicted octanol–water partition coefficient (Wildman–Crippen LogP) is 5.97. The molecule has 7 rings (SSSR count). The molecule has 1 spiro atoms. The number of H-pyrrole nitrogens is 1. The highest BCUT2D eigenvalue weighted by Crippen LogP contribution is 2.52. The summed E-state index contributed by atoms with van der Waals surface area (Å²) in [6.07, 6.45) is 6.47. The van der Waals surface area contributed by atoms with Crippen LogP contribution in [0.4, 0.5) is 5.69 Å². The van der Waals surface area contributed by atoms with E-state index in [-0.39, 0.29) is 46.7 Å². The summed E-state index contributed by atoms with van der Waals surface area (Å²) in [5, 5.41) is 41.7. The molecule has 14 heteroatoms. The lowest BCUT2D eigenvalue weighted by Crippen LogP contribution is -2.52.